The zero-order valence-electron chi connectivity index (χ0n) is 11.3. The summed E-state index contributed by atoms with van der Waals surface area (Å²) in [6.07, 6.45) is 0.0113. The Morgan fingerprint density at radius 1 is 1.55 bits per heavy atom. The number of hydrogen-bond acceptors (Lipinski definition) is 6. The SMILES string of the molecule is CC(CCN)SC1=C(C(=O)O)N2C(=O)C(C(C)O)[C@H]2S1. The lowest BCUT2D eigenvalue weighted by atomic mass is 9.92. The molecule has 0 bridgehead atoms. The minimum atomic E-state index is -1.10. The van der Waals surface area contributed by atoms with Gasteiger partial charge in [-0.1, -0.05) is 18.7 Å². The summed E-state index contributed by atoms with van der Waals surface area (Å²) in [6.45, 7) is 4.08. The average Bonchev–Trinajstić information content (AvgIpc) is 2.63. The molecule has 0 aromatic heterocycles. The average molecular weight is 318 g/mol. The third kappa shape index (κ3) is 2.57. The van der Waals surface area contributed by atoms with Gasteiger partial charge in [0.15, 0.2) is 5.70 Å². The first-order chi connectivity index (χ1) is 9.38. The molecule has 0 aromatic rings. The van der Waals surface area contributed by atoms with Crippen molar-refractivity contribution in [2.45, 2.75) is 37.0 Å². The third-order valence-corrected chi connectivity index (χ3v) is 6.13. The van der Waals surface area contributed by atoms with E-state index in [4.69, 9.17) is 5.73 Å². The predicted molar refractivity (Wildman–Crippen MR) is 78.8 cm³/mol. The summed E-state index contributed by atoms with van der Waals surface area (Å²) in [7, 11) is 0. The number of fused-ring (bicyclic) bond motifs is 1. The van der Waals surface area contributed by atoms with Gasteiger partial charge in [-0.3, -0.25) is 9.69 Å². The molecule has 6 nitrogen and oxygen atoms in total. The van der Waals surface area contributed by atoms with E-state index in [0.717, 1.165) is 6.42 Å². The van der Waals surface area contributed by atoms with E-state index in [1.807, 2.05) is 6.92 Å². The maximum Gasteiger partial charge on any atom is 0.354 e. The number of rotatable bonds is 6. The first-order valence-electron chi connectivity index (χ1n) is 6.40. The molecule has 0 spiro atoms. The number of carboxylic acid groups (broad SMARTS) is 1. The predicted octanol–water partition coefficient (Wildman–Crippen LogP) is 0.623. The highest BCUT2D eigenvalue weighted by Crippen LogP contribution is 2.54. The van der Waals surface area contributed by atoms with Crippen LogP contribution >= 0.6 is 23.5 Å². The van der Waals surface area contributed by atoms with Crippen LogP contribution in [0.25, 0.3) is 0 Å². The molecule has 2 rings (SSSR count). The van der Waals surface area contributed by atoms with Crippen LogP contribution in [0.4, 0.5) is 0 Å². The molecule has 4 atom stereocenters. The van der Waals surface area contributed by atoms with Crippen LogP contribution in [-0.4, -0.2) is 50.3 Å². The summed E-state index contributed by atoms with van der Waals surface area (Å²) in [6, 6.07) is 0. The van der Waals surface area contributed by atoms with Crippen molar-refractivity contribution in [3.63, 3.8) is 0 Å². The molecule has 0 aromatic carbocycles. The van der Waals surface area contributed by atoms with Gasteiger partial charge in [0.25, 0.3) is 0 Å². The molecule has 4 N–H and O–H groups in total. The molecular formula is C12H18N2O4S2. The Balaban J connectivity index is 2.19. The maximum absolute atomic E-state index is 12.0. The zero-order valence-corrected chi connectivity index (χ0v) is 12.9. The number of nitrogens with zero attached hydrogens (tertiary/aromatic N) is 1. The monoisotopic (exact) mass is 318 g/mol. The molecule has 0 aliphatic carbocycles. The van der Waals surface area contributed by atoms with Crippen LogP contribution in [0.3, 0.4) is 0 Å². The fourth-order valence-corrected chi connectivity index (χ4v) is 5.56. The van der Waals surface area contributed by atoms with E-state index >= 15 is 0 Å². The topological polar surface area (TPSA) is 104 Å². The second kappa shape index (κ2) is 5.97. The van der Waals surface area contributed by atoms with Crippen LogP contribution in [0.2, 0.25) is 0 Å². The summed E-state index contributed by atoms with van der Waals surface area (Å²) in [5, 5.41) is 18.8. The van der Waals surface area contributed by atoms with Crippen LogP contribution in [0.5, 0.6) is 0 Å². The molecule has 2 aliphatic heterocycles. The van der Waals surface area contributed by atoms with Gasteiger partial charge < -0.3 is 15.9 Å². The standard InChI is InChI=1S/C12H18N2O4S2/c1-5(3-4-13)19-12-8(11(17)18)14-9(16)7(6(2)15)10(14)20-12/h5-7,10,15H,3-4,13H2,1-2H3,(H,17,18)/t5?,6?,7?,10-/m1/s1. The summed E-state index contributed by atoms with van der Waals surface area (Å²) < 4.78 is 0.639. The van der Waals surface area contributed by atoms with Gasteiger partial charge in [-0.05, 0) is 19.9 Å². The normalized spacial score (nSPS) is 28.2. The minimum absolute atomic E-state index is 0.0516. The van der Waals surface area contributed by atoms with Crippen molar-refractivity contribution in [1.82, 2.24) is 4.90 Å². The van der Waals surface area contributed by atoms with Gasteiger partial charge in [0.2, 0.25) is 5.91 Å². The van der Waals surface area contributed by atoms with E-state index in [-0.39, 0.29) is 22.2 Å². The molecular weight excluding hydrogens is 300 g/mol. The Hall–Kier alpha value is -0.700. The van der Waals surface area contributed by atoms with Crippen molar-refractivity contribution in [3.05, 3.63) is 9.93 Å². The highest BCUT2D eigenvalue weighted by Gasteiger charge is 2.57. The summed E-state index contributed by atoms with van der Waals surface area (Å²) >= 11 is 2.79. The van der Waals surface area contributed by atoms with Crippen molar-refractivity contribution in [1.29, 1.82) is 0 Å². The highest BCUT2D eigenvalue weighted by molar-refractivity contribution is 8.23. The molecule has 2 heterocycles. The van der Waals surface area contributed by atoms with Crippen LogP contribution in [0.1, 0.15) is 20.3 Å². The molecule has 0 saturated carbocycles. The minimum Gasteiger partial charge on any atom is -0.477 e. The second-order valence-electron chi connectivity index (χ2n) is 4.93. The molecule has 1 saturated heterocycles. The van der Waals surface area contributed by atoms with Crippen LogP contribution < -0.4 is 5.73 Å². The summed E-state index contributed by atoms with van der Waals surface area (Å²) in [5.74, 6) is -1.92. The van der Waals surface area contributed by atoms with Gasteiger partial charge in [0, 0.05) is 5.25 Å². The molecule has 2 aliphatic rings. The van der Waals surface area contributed by atoms with Crippen LogP contribution in [-0.2, 0) is 9.59 Å². The number of aliphatic hydroxyl groups is 1. The van der Waals surface area contributed by atoms with E-state index in [1.165, 1.54) is 28.4 Å². The molecule has 1 fully saturated rings. The van der Waals surface area contributed by atoms with Gasteiger partial charge >= 0.3 is 5.97 Å². The summed E-state index contributed by atoms with van der Waals surface area (Å²) in [5.41, 5.74) is 5.55. The highest BCUT2D eigenvalue weighted by atomic mass is 32.2. The molecule has 0 radical (unpaired) electrons. The quantitative estimate of drug-likeness (QED) is 0.617. The van der Waals surface area contributed by atoms with Gasteiger partial charge in [-0.15, -0.1) is 11.8 Å². The van der Waals surface area contributed by atoms with Crippen molar-refractivity contribution in [2.75, 3.05) is 6.54 Å². The lowest BCUT2D eigenvalue weighted by Crippen LogP contribution is -2.60. The number of thioether (sulfide) groups is 2. The van der Waals surface area contributed by atoms with Crippen molar-refractivity contribution in [3.8, 4) is 0 Å². The third-order valence-electron chi connectivity index (χ3n) is 3.35. The van der Waals surface area contributed by atoms with E-state index in [0.29, 0.717) is 10.8 Å². The molecule has 3 unspecified atom stereocenters. The lowest BCUT2D eigenvalue weighted by Gasteiger charge is -2.43. The number of nitrogens with two attached hydrogens (primary N) is 1. The number of aliphatic hydroxyl groups excluding tert-OH is 1. The number of aliphatic carboxylic acids is 1. The van der Waals surface area contributed by atoms with Crippen molar-refractivity contribution < 1.29 is 19.8 Å². The Kier molecular flexibility index (Phi) is 4.68. The number of amides is 1. The van der Waals surface area contributed by atoms with E-state index in [2.05, 4.69) is 0 Å². The Bertz CT molecular complexity index is 466. The van der Waals surface area contributed by atoms with Crippen molar-refractivity contribution in [2.24, 2.45) is 11.7 Å². The van der Waals surface area contributed by atoms with Gasteiger partial charge in [-0.25, -0.2) is 4.79 Å². The smallest absolute Gasteiger partial charge is 0.354 e. The van der Waals surface area contributed by atoms with Gasteiger partial charge in [0.05, 0.1) is 16.3 Å². The largest absolute Gasteiger partial charge is 0.477 e. The fourth-order valence-electron chi connectivity index (χ4n) is 2.31. The van der Waals surface area contributed by atoms with E-state index in [1.54, 1.807) is 6.92 Å². The number of carbonyl (C=O) groups excluding carboxylic acids is 1. The van der Waals surface area contributed by atoms with Crippen LogP contribution in [0, 0.1) is 5.92 Å². The van der Waals surface area contributed by atoms with Gasteiger partial charge in [0.1, 0.15) is 5.37 Å². The first kappa shape index (κ1) is 15.7. The van der Waals surface area contributed by atoms with E-state index < -0.39 is 18.0 Å². The molecule has 20 heavy (non-hydrogen) atoms. The second-order valence-corrected chi connectivity index (χ2v) is 7.76. The number of carbonyl (C=O) groups is 2. The number of carboxylic acids is 1. The molecule has 112 valence electrons. The Labute approximate surface area is 125 Å². The lowest BCUT2D eigenvalue weighted by molar-refractivity contribution is -0.156. The molecule has 8 heteroatoms. The van der Waals surface area contributed by atoms with Crippen LogP contribution in [0.15, 0.2) is 9.93 Å². The van der Waals surface area contributed by atoms with E-state index in [9.17, 15) is 19.8 Å². The number of β-lactam (4-membered cyclic amide) rings is 1. The van der Waals surface area contributed by atoms with Gasteiger partial charge in [-0.2, -0.15) is 0 Å². The molecule has 1 amide bonds. The first-order valence-corrected chi connectivity index (χ1v) is 8.16. The zero-order chi connectivity index (χ0) is 15.0. The number of hydrogen-bond donors (Lipinski definition) is 3. The fraction of sp³-hybridized carbons (Fsp3) is 0.667. The maximum atomic E-state index is 12.0. The Morgan fingerprint density at radius 3 is 2.70 bits per heavy atom. The Morgan fingerprint density at radius 2 is 2.20 bits per heavy atom. The summed E-state index contributed by atoms with van der Waals surface area (Å²) in [4.78, 5) is 24.7. The van der Waals surface area contributed by atoms with Crippen molar-refractivity contribution >= 4 is 35.4 Å².